The lowest BCUT2D eigenvalue weighted by molar-refractivity contribution is 0.660. The van der Waals surface area contributed by atoms with Gasteiger partial charge in [0.05, 0.1) is 22.2 Å². The molecule has 15 rings (SSSR count). The summed E-state index contributed by atoms with van der Waals surface area (Å²) in [5.74, 6) is 0. The Morgan fingerprint density at radius 2 is 0.910 bits per heavy atom. The molecule has 314 valence electrons. The first-order valence-electron chi connectivity index (χ1n) is 23.3. The predicted octanol–water partition coefficient (Wildman–Crippen LogP) is 17.3. The van der Waals surface area contributed by atoms with E-state index >= 15 is 0 Å². The van der Waals surface area contributed by atoms with E-state index in [9.17, 15) is 0 Å². The van der Waals surface area contributed by atoms with Crippen LogP contribution in [0.25, 0.3) is 88.4 Å². The fourth-order valence-electron chi connectivity index (χ4n) is 12.7. The molecule has 3 aliphatic carbocycles. The maximum absolute atomic E-state index is 6.94. The van der Waals surface area contributed by atoms with Gasteiger partial charge in [0.1, 0.15) is 22.3 Å². The van der Waals surface area contributed by atoms with Crippen molar-refractivity contribution in [2.24, 2.45) is 0 Å². The molecule has 0 saturated carbocycles. The van der Waals surface area contributed by atoms with Crippen LogP contribution in [-0.4, -0.2) is 0 Å². The maximum Gasteiger partial charge on any atom is 0.143 e. The first-order chi connectivity index (χ1) is 33.0. The number of para-hydroxylation sites is 1. The molecular weight excluding hydrogens is 815 g/mol. The topological polar surface area (TPSA) is 29.5 Å². The summed E-state index contributed by atoms with van der Waals surface area (Å²) in [7, 11) is 0. The highest BCUT2D eigenvalue weighted by atomic mass is 16.3. The van der Waals surface area contributed by atoms with Gasteiger partial charge in [-0.2, -0.15) is 0 Å². The Balaban J connectivity index is 1.03. The van der Waals surface area contributed by atoms with Gasteiger partial charge in [-0.15, -0.1) is 0 Å². The summed E-state index contributed by atoms with van der Waals surface area (Å²) in [4.78, 5) is 2.52. The van der Waals surface area contributed by atoms with Gasteiger partial charge >= 0.3 is 0 Å². The Hall–Kier alpha value is -8.40. The average Bonchev–Trinajstić information content (AvgIpc) is 4.15. The number of nitrogens with zero attached hydrogens (tertiary/aromatic N) is 1. The van der Waals surface area contributed by atoms with Gasteiger partial charge in [0.25, 0.3) is 0 Å². The Labute approximate surface area is 387 Å². The molecule has 0 unspecified atom stereocenters. The zero-order valence-electron chi connectivity index (χ0n) is 37.0. The Bertz CT molecular complexity index is 4040. The molecule has 3 nitrogen and oxygen atoms in total. The van der Waals surface area contributed by atoms with Gasteiger partial charge in [0, 0.05) is 38.4 Å². The molecule has 3 heteroatoms. The molecule has 0 N–H and O–H groups in total. The molecule has 0 aliphatic heterocycles. The van der Waals surface area contributed by atoms with Gasteiger partial charge < -0.3 is 13.7 Å². The van der Waals surface area contributed by atoms with Crippen molar-refractivity contribution in [1.29, 1.82) is 0 Å². The van der Waals surface area contributed by atoms with Crippen LogP contribution in [-0.2, 0) is 10.8 Å². The molecule has 1 spiro atoms. The van der Waals surface area contributed by atoms with Gasteiger partial charge in [-0.05, 0) is 109 Å². The lowest BCUT2D eigenvalue weighted by Crippen LogP contribution is -2.26. The summed E-state index contributed by atoms with van der Waals surface area (Å²) in [6, 6.07) is 78.1. The van der Waals surface area contributed by atoms with E-state index in [1.54, 1.807) is 0 Å². The second-order valence-electron chi connectivity index (χ2n) is 19.1. The molecule has 0 saturated heterocycles. The van der Waals surface area contributed by atoms with Crippen molar-refractivity contribution in [3.8, 4) is 44.5 Å². The van der Waals surface area contributed by atoms with Gasteiger partial charge in [0.15, 0.2) is 0 Å². The third kappa shape index (κ3) is 4.70. The highest BCUT2D eigenvalue weighted by molar-refractivity contribution is 6.20. The summed E-state index contributed by atoms with van der Waals surface area (Å²) in [6.45, 7) is 4.74. The Kier molecular flexibility index (Phi) is 7.22. The summed E-state index contributed by atoms with van der Waals surface area (Å²) in [5.41, 5.74) is 23.8. The van der Waals surface area contributed by atoms with Crippen LogP contribution < -0.4 is 4.90 Å². The van der Waals surface area contributed by atoms with E-state index in [1.165, 1.54) is 66.8 Å². The molecule has 0 bridgehead atoms. The molecule has 12 aromatic rings. The Morgan fingerprint density at radius 1 is 0.358 bits per heavy atom. The molecule has 10 aromatic carbocycles. The molecule has 0 radical (unpaired) electrons. The zero-order valence-corrected chi connectivity index (χ0v) is 37.0. The van der Waals surface area contributed by atoms with Crippen molar-refractivity contribution >= 4 is 60.9 Å². The molecule has 3 aliphatic rings. The number of benzene rings is 10. The number of hydrogen-bond donors (Lipinski definition) is 0. The molecule has 0 amide bonds. The number of hydrogen-bond acceptors (Lipinski definition) is 3. The fraction of sp³-hybridized carbons (Fsp3) is 0.0625. The van der Waals surface area contributed by atoms with Gasteiger partial charge in [0.2, 0.25) is 0 Å². The molecule has 0 atom stereocenters. The van der Waals surface area contributed by atoms with Crippen LogP contribution in [0.1, 0.15) is 47.2 Å². The van der Waals surface area contributed by atoms with E-state index in [1.807, 2.05) is 0 Å². The normalized spacial score (nSPS) is 14.4. The van der Waals surface area contributed by atoms with Crippen molar-refractivity contribution in [3.05, 3.63) is 246 Å². The van der Waals surface area contributed by atoms with Crippen molar-refractivity contribution < 1.29 is 8.83 Å². The van der Waals surface area contributed by atoms with E-state index in [4.69, 9.17) is 8.83 Å². The minimum Gasteiger partial charge on any atom is -0.456 e. The SMILES string of the molecule is CC1(C)c2ccccc2-c2ccc(N(c3cccc4c3-c3ccccc3C43c4ccccc4-c4ccccc43)c3cccc4oc5cc6c(cc5c34)oc3c(-c4ccccc4)cccc36)cc21. The predicted molar refractivity (Wildman–Crippen MR) is 275 cm³/mol. The molecule has 2 aromatic heterocycles. The largest absolute Gasteiger partial charge is 0.456 e. The van der Waals surface area contributed by atoms with Crippen molar-refractivity contribution in [3.63, 3.8) is 0 Å². The Morgan fingerprint density at radius 3 is 1.67 bits per heavy atom. The maximum atomic E-state index is 6.94. The number of furan rings is 2. The summed E-state index contributed by atoms with van der Waals surface area (Å²) < 4.78 is 13.8. The van der Waals surface area contributed by atoms with Gasteiger partial charge in [-0.1, -0.05) is 184 Å². The highest BCUT2D eigenvalue weighted by Gasteiger charge is 2.52. The lowest BCUT2D eigenvalue weighted by Gasteiger charge is -2.32. The minimum atomic E-state index is -0.484. The fourth-order valence-corrected chi connectivity index (χ4v) is 12.7. The third-order valence-corrected chi connectivity index (χ3v) is 15.5. The van der Waals surface area contributed by atoms with Gasteiger partial charge in [-0.3, -0.25) is 0 Å². The monoisotopic (exact) mass is 855 g/mol. The lowest BCUT2D eigenvalue weighted by atomic mass is 9.70. The van der Waals surface area contributed by atoms with Crippen molar-refractivity contribution in [2.75, 3.05) is 4.90 Å². The summed E-state index contributed by atoms with van der Waals surface area (Å²) in [6.07, 6.45) is 0. The van der Waals surface area contributed by atoms with E-state index in [0.717, 1.165) is 72.1 Å². The first-order valence-corrected chi connectivity index (χ1v) is 23.3. The standard InChI is InChI=1S/C64H41NO2/c1-63(2)49-25-10-6-19-41(49)44-34-33-39(35-54(44)63)65(55-30-15-29-53-60(55)46-22-9-13-28-52(46)64(53)50-26-11-7-20-42(50)43-21-8-12-27-51(43)64)56-31-16-32-57-61(56)48-37-58-47(36-59(48)66-57)45-24-14-23-40(62(45)67-58)38-17-4-3-5-18-38/h3-37H,1-2H3. The second kappa shape index (κ2) is 13.1. The van der Waals surface area contributed by atoms with Crippen molar-refractivity contribution in [2.45, 2.75) is 24.7 Å². The van der Waals surface area contributed by atoms with E-state index in [0.29, 0.717) is 0 Å². The first kappa shape index (κ1) is 36.9. The number of fused-ring (bicyclic) bond motifs is 19. The minimum absolute atomic E-state index is 0.194. The van der Waals surface area contributed by atoms with Crippen LogP contribution in [0.4, 0.5) is 17.1 Å². The van der Waals surface area contributed by atoms with Crippen LogP contribution in [0, 0.1) is 0 Å². The molecule has 0 fully saturated rings. The van der Waals surface area contributed by atoms with Crippen LogP contribution in [0.2, 0.25) is 0 Å². The van der Waals surface area contributed by atoms with Crippen LogP contribution in [0.3, 0.4) is 0 Å². The van der Waals surface area contributed by atoms with Crippen molar-refractivity contribution in [1.82, 2.24) is 0 Å². The van der Waals surface area contributed by atoms with Gasteiger partial charge in [-0.25, -0.2) is 0 Å². The molecule has 2 heterocycles. The van der Waals surface area contributed by atoms with E-state index < -0.39 is 5.41 Å². The second-order valence-corrected chi connectivity index (χ2v) is 19.1. The number of rotatable bonds is 4. The summed E-state index contributed by atoms with van der Waals surface area (Å²) >= 11 is 0. The zero-order chi connectivity index (χ0) is 44.2. The van der Waals surface area contributed by atoms with Crippen LogP contribution >= 0.6 is 0 Å². The smallest absolute Gasteiger partial charge is 0.143 e. The quantitative estimate of drug-likeness (QED) is 0.177. The third-order valence-electron chi connectivity index (χ3n) is 15.5. The summed E-state index contributed by atoms with van der Waals surface area (Å²) in [5, 5.41) is 4.17. The van der Waals surface area contributed by atoms with E-state index in [-0.39, 0.29) is 5.41 Å². The number of anilines is 3. The van der Waals surface area contributed by atoms with Crippen LogP contribution in [0.15, 0.2) is 221 Å². The van der Waals surface area contributed by atoms with Crippen LogP contribution in [0.5, 0.6) is 0 Å². The molecule has 67 heavy (non-hydrogen) atoms. The highest BCUT2D eigenvalue weighted by Crippen LogP contribution is 2.65. The average molecular weight is 856 g/mol. The molecular formula is C64H41NO2. The van der Waals surface area contributed by atoms with E-state index in [2.05, 4.69) is 231 Å².